The summed E-state index contributed by atoms with van der Waals surface area (Å²) in [6.07, 6.45) is 5.08. The van der Waals surface area contributed by atoms with Crippen molar-refractivity contribution < 1.29 is 19.0 Å². The predicted octanol–water partition coefficient (Wildman–Crippen LogP) is 5.12. The van der Waals surface area contributed by atoms with Crippen molar-refractivity contribution in [2.24, 2.45) is 0 Å². The van der Waals surface area contributed by atoms with Crippen LogP contribution in [0.1, 0.15) is 68.7 Å². The zero-order valence-corrected chi connectivity index (χ0v) is 21.6. The number of aryl methyl sites for hydroxylation is 1. The van der Waals surface area contributed by atoms with Crippen LogP contribution in [0.15, 0.2) is 53.7 Å². The number of tetrazole rings is 1. The average Bonchev–Trinajstić information content (AvgIpc) is 3.36. The monoisotopic (exact) mass is 503 g/mol. The first-order chi connectivity index (χ1) is 18.0. The molecule has 3 aromatic rings. The van der Waals surface area contributed by atoms with Crippen molar-refractivity contribution in [1.82, 2.24) is 20.2 Å². The zero-order chi connectivity index (χ0) is 25.8. The van der Waals surface area contributed by atoms with Gasteiger partial charge in [0, 0.05) is 5.70 Å². The minimum atomic E-state index is -0.563. The van der Waals surface area contributed by atoms with Crippen LogP contribution >= 0.6 is 0 Å². The average molecular weight is 504 g/mol. The number of nitrogens with one attached hydrogen (secondary N) is 1. The smallest absolute Gasteiger partial charge is 0.338 e. The second kappa shape index (κ2) is 11.0. The quantitative estimate of drug-likeness (QED) is 0.423. The Morgan fingerprint density at radius 2 is 1.89 bits per heavy atom. The summed E-state index contributed by atoms with van der Waals surface area (Å²) in [5.74, 6) is 1.35. The summed E-state index contributed by atoms with van der Waals surface area (Å²) in [5.41, 5.74) is 4.22. The maximum absolute atomic E-state index is 13.5. The van der Waals surface area contributed by atoms with Crippen molar-refractivity contribution in [1.29, 1.82) is 0 Å². The summed E-state index contributed by atoms with van der Waals surface area (Å²) in [7, 11) is 0. The van der Waals surface area contributed by atoms with Gasteiger partial charge in [-0.1, -0.05) is 47.4 Å². The van der Waals surface area contributed by atoms with Gasteiger partial charge in [-0.05, 0) is 80.1 Å². The number of carbonyl (C=O) groups is 1. The molecule has 2 aliphatic rings. The van der Waals surface area contributed by atoms with Crippen LogP contribution in [0.3, 0.4) is 0 Å². The minimum Gasteiger partial charge on any atom is -0.490 e. The Hall–Kier alpha value is -3.88. The van der Waals surface area contributed by atoms with E-state index in [-0.39, 0.29) is 12.1 Å². The molecule has 1 N–H and O–H groups in total. The largest absolute Gasteiger partial charge is 0.490 e. The van der Waals surface area contributed by atoms with Gasteiger partial charge >= 0.3 is 5.97 Å². The SMILES string of the molecule is CCOc1cc(C2C(C(=O)OC3CCCCC3)=C(C)Nc3nnnn32)ccc1OCc1cccc(C)c1. The van der Waals surface area contributed by atoms with Crippen LogP contribution in [0, 0.1) is 6.92 Å². The number of allylic oxidation sites excluding steroid dienone is 1. The summed E-state index contributed by atoms with van der Waals surface area (Å²) in [6.45, 7) is 6.73. The fraction of sp³-hybridized carbons (Fsp3) is 0.429. The molecule has 194 valence electrons. The van der Waals surface area contributed by atoms with Crippen LogP contribution in [0.2, 0.25) is 0 Å². The lowest BCUT2D eigenvalue weighted by molar-refractivity contribution is -0.146. The third kappa shape index (κ3) is 5.45. The van der Waals surface area contributed by atoms with E-state index in [9.17, 15) is 4.79 Å². The van der Waals surface area contributed by atoms with Crippen LogP contribution in [0.5, 0.6) is 11.5 Å². The highest BCUT2D eigenvalue weighted by molar-refractivity contribution is 5.92. The van der Waals surface area contributed by atoms with Crippen molar-refractivity contribution in [3.05, 3.63) is 70.4 Å². The maximum atomic E-state index is 13.5. The van der Waals surface area contributed by atoms with Crippen LogP contribution in [-0.2, 0) is 16.1 Å². The first-order valence-electron chi connectivity index (χ1n) is 12.9. The van der Waals surface area contributed by atoms with Gasteiger partial charge in [-0.15, -0.1) is 0 Å². The lowest BCUT2D eigenvalue weighted by atomic mass is 9.94. The fourth-order valence-electron chi connectivity index (χ4n) is 5.03. The molecule has 0 radical (unpaired) electrons. The summed E-state index contributed by atoms with van der Waals surface area (Å²) >= 11 is 0. The molecule has 1 unspecified atom stereocenters. The van der Waals surface area contributed by atoms with Gasteiger partial charge in [0.1, 0.15) is 18.8 Å². The molecule has 37 heavy (non-hydrogen) atoms. The van der Waals surface area contributed by atoms with E-state index in [2.05, 4.69) is 39.9 Å². The van der Waals surface area contributed by atoms with Crippen LogP contribution < -0.4 is 14.8 Å². The van der Waals surface area contributed by atoms with Crippen molar-refractivity contribution in [2.75, 3.05) is 11.9 Å². The number of carbonyl (C=O) groups excluding carboxylic acids is 1. The van der Waals surface area contributed by atoms with Crippen LogP contribution in [0.4, 0.5) is 5.95 Å². The van der Waals surface area contributed by atoms with Gasteiger partial charge in [-0.2, -0.15) is 4.68 Å². The van der Waals surface area contributed by atoms with Crippen molar-refractivity contribution in [3.8, 4) is 11.5 Å². The molecule has 2 heterocycles. The molecule has 1 fully saturated rings. The summed E-state index contributed by atoms with van der Waals surface area (Å²) in [4.78, 5) is 13.5. The molecule has 9 heteroatoms. The van der Waals surface area contributed by atoms with E-state index >= 15 is 0 Å². The normalized spacial score (nSPS) is 17.6. The second-order valence-electron chi connectivity index (χ2n) is 9.60. The number of aromatic nitrogens is 4. The molecule has 1 saturated carbocycles. The standard InChI is InChI=1S/C28H33N5O4/c1-4-35-24-16-21(13-14-23(24)36-17-20-10-8-9-18(2)15-20)26-25(19(3)29-28-30-31-32-33(26)28)27(34)37-22-11-6-5-7-12-22/h8-10,13-16,22,26H,4-7,11-12,17H2,1-3H3,(H,29,30,32). The molecule has 1 aliphatic heterocycles. The second-order valence-corrected chi connectivity index (χ2v) is 9.60. The summed E-state index contributed by atoms with van der Waals surface area (Å²) in [5, 5.41) is 15.3. The number of hydrogen-bond acceptors (Lipinski definition) is 8. The number of hydrogen-bond donors (Lipinski definition) is 1. The minimum absolute atomic E-state index is 0.0612. The number of ether oxygens (including phenoxy) is 3. The third-order valence-corrected chi connectivity index (χ3v) is 6.82. The number of nitrogens with zero attached hydrogens (tertiary/aromatic N) is 4. The number of anilines is 1. The number of fused-ring (bicyclic) bond motifs is 1. The van der Waals surface area contributed by atoms with Gasteiger partial charge in [0.2, 0.25) is 5.95 Å². The Kier molecular flexibility index (Phi) is 7.39. The van der Waals surface area contributed by atoms with E-state index < -0.39 is 6.04 Å². The number of esters is 1. The molecule has 0 saturated heterocycles. The molecular formula is C28H33N5O4. The molecule has 1 aliphatic carbocycles. The van der Waals surface area contributed by atoms with Gasteiger partial charge in [0.25, 0.3) is 0 Å². The Morgan fingerprint density at radius 1 is 1.05 bits per heavy atom. The molecule has 5 rings (SSSR count). The Labute approximate surface area is 216 Å². The van der Waals surface area contributed by atoms with Crippen LogP contribution in [0.25, 0.3) is 0 Å². The third-order valence-electron chi connectivity index (χ3n) is 6.82. The van der Waals surface area contributed by atoms with Gasteiger partial charge in [-0.25, -0.2) is 4.79 Å². The van der Waals surface area contributed by atoms with E-state index in [1.54, 1.807) is 4.68 Å². The molecule has 1 aromatic heterocycles. The Balaban J connectivity index is 1.46. The van der Waals surface area contributed by atoms with E-state index in [1.807, 2.05) is 44.2 Å². The van der Waals surface area contributed by atoms with Crippen LogP contribution in [-0.4, -0.2) is 38.9 Å². The Morgan fingerprint density at radius 3 is 2.68 bits per heavy atom. The molecule has 0 bridgehead atoms. The fourth-order valence-corrected chi connectivity index (χ4v) is 5.03. The first kappa shape index (κ1) is 24.8. The van der Waals surface area contributed by atoms with Gasteiger partial charge in [-0.3, -0.25) is 0 Å². The highest BCUT2D eigenvalue weighted by atomic mass is 16.5. The predicted molar refractivity (Wildman–Crippen MR) is 138 cm³/mol. The molecule has 1 atom stereocenters. The van der Waals surface area contributed by atoms with Crippen molar-refractivity contribution >= 4 is 11.9 Å². The summed E-state index contributed by atoms with van der Waals surface area (Å²) < 4.78 is 19.7. The van der Waals surface area contributed by atoms with Crippen molar-refractivity contribution in [2.45, 2.75) is 71.6 Å². The number of rotatable bonds is 8. The lowest BCUT2D eigenvalue weighted by Crippen LogP contribution is -2.32. The van der Waals surface area contributed by atoms with E-state index in [1.165, 1.54) is 12.0 Å². The highest BCUT2D eigenvalue weighted by Crippen LogP contribution is 2.39. The molecule has 0 amide bonds. The zero-order valence-electron chi connectivity index (χ0n) is 21.6. The molecule has 9 nitrogen and oxygen atoms in total. The van der Waals surface area contributed by atoms with Gasteiger partial charge in [0.15, 0.2) is 11.5 Å². The molecule has 0 spiro atoms. The lowest BCUT2D eigenvalue weighted by Gasteiger charge is -2.30. The van der Waals surface area contributed by atoms with Gasteiger partial charge in [0.05, 0.1) is 12.2 Å². The molecule has 2 aromatic carbocycles. The number of benzene rings is 2. The maximum Gasteiger partial charge on any atom is 0.338 e. The molecular weight excluding hydrogens is 470 g/mol. The van der Waals surface area contributed by atoms with Crippen molar-refractivity contribution in [3.63, 3.8) is 0 Å². The topological polar surface area (TPSA) is 100 Å². The van der Waals surface area contributed by atoms with E-state index in [0.717, 1.165) is 36.8 Å². The first-order valence-corrected chi connectivity index (χ1v) is 12.9. The van der Waals surface area contributed by atoms with E-state index in [4.69, 9.17) is 14.2 Å². The van der Waals surface area contributed by atoms with E-state index in [0.29, 0.717) is 41.9 Å². The summed E-state index contributed by atoms with van der Waals surface area (Å²) in [6, 6.07) is 13.4. The Bertz CT molecular complexity index is 1300. The highest BCUT2D eigenvalue weighted by Gasteiger charge is 2.36. The van der Waals surface area contributed by atoms with Gasteiger partial charge < -0.3 is 19.5 Å².